The van der Waals surface area contributed by atoms with Gasteiger partial charge in [0.1, 0.15) is 0 Å². The van der Waals surface area contributed by atoms with E-state index in [1.807, 2.05) is 0 Å². The predicted molar refractivity (Wildman–Crippen MR) is 129 cm³/mol. The molecule has 6 saturated carbocycles. The van der Waals surface area contributed by atoms with Crippen molar-refractivity contribution in [1.82, 2.24) is 0 Å². The van der Waals surface area contributed by atoms with Gasteiger partial charge in [-0.1, -0.05) is 0 Å². The van der Waals surface area contributed by atoms with Crippen molar-refractivity contribution in [1.29, 1.82) is 0 Å². The van der Waals surface area contributed by atoms with Crippen LogP contribution in [0.15, 0.2) is 0 Å². The fraction of sp³-hybridized carbons (Fsp3) is 1.00. The summed E-state index contributed by atoms with van der Waals surface area (Å²) in [7, 11) is 0. The quantitative estimate of drug-likeness (QED) is 0.391. The molecule has 0 spiro atoms. The van der Waals surface area contributed by atoms with Crippen LogP contribution in [0.2, 0.25) is 12.8 Å². The van der Waals surface area contributed by atoms with Crippen molar-refractivity contribution in [3.63, 3.8) is 0 Å². The first-order valence-corrected chi connectivity index (χ1v) is 15.9. The van der Waals surface area contributed by atoms with Crippen LogP contribution in [-0.4, -0.2) is 0 Å². The van der Waals surface area contributed by atoms with E-state index in [0.717, 1.165) is 48.3 Å². The second-order valence-electron chi connectivity index (χ2n) is 15.8. The minimum absolute atomic E-state index is 0.661. The number of fused-ring (bicyclic) bond motifs is 6. The molecule has 6 fully saturated rings. The Labute approximate surface area is 198 Å². The molecule has 0 nitrogen and oxygen atoms in total. The maximum atomic E-state index is 2.75. The molecule has 0 N–H and O–H groups in total. The van der Waals surface area contributed by atoms with Crippen molar-refractivity contribution in [3.05, 3.63) is 0 Å². The summed E-state index contributed by atoms with van der Waals surface area (Å²) in [6, 6.07) is 0. The van der Waals surface area contributed by atoms with Crippen LogP contribution in [0.4, 0.5) is 0 Å². The number of rotatable bonds is 3. The van der Waals surface area contributed by atoms with E-state index < -0.39 is 14.1 Å². The van der Waals surface area contributed by atoms with Gasteiger partial charge in [0.2, 0.25) is 0 Å². The molecular formula is C30H51Cr. The van der Waals surface area contributed by atoms with E-state index in [0.29, 0.717) is 16.2 Å². The first-order chi connectivity index (χ1) is 14.3. The molecule has 0 aromatic heterocycles. The van der Waals surface area contributed by atoms with Crippen molar-refractivity contribution >= 4 is 0 Å². The summed E-state index contributed by atoms with van der Waals surface area (Å²) in [5.41, 5.74) is 1.98. The van der Waals surface area contributed by atoms with Gasteiger partial charge in [-0.3, -0.25) is 0 Å². The molecule has 0 aliphatic heterocycles. The fourth-order valence-electron chi connectivity index (χ4n) is 13.1. The van der Waals surface area contributed by atoms with Crippen molar-refractivity contribution in [2.75, 3.05) is 0 Å². The molecule has 0 aromatic carbocycles. The van der Waals surface area contributed by atoms with Crippen LogP contribution in [0.25, 0.3) is 0 Å². The minimum atomic E-state index is -0.940. The molecule has 6 atom stereocenters. The third kappa shape index (κ3) is 2.36. The van der Waals surface area contributed by atoms with Gasteiger partial charge < -0.3 is 0 Å². The Kier molecular flexibility index (Phi) is 4.27. The van der Waals surface area contributed by atoms with E-state index in [1.54, 1.807) is 57.8 Å². The van der Waals surface area contributed by atoms with E-state index in [1.165, 1.54) is 0 Å². The van der Waals surface area contributed by atoms with E-state index >= 15 is 0 Å². The average molecular weight is 464 g/mol. The average Bonchev–Trinajstić information content (AvgIpc) is 3.32. The van der Waals surface area contributed by atoms with Crippen molar-refractivity contribution in [2.24, 2.45) is 51.8 Å². The first kappa shape index (κ1) is 22.0. The predicted octanol–water partition coefficient (Wildman–Crippen LogP) is 9.51. The summed E-state index contributed by atoms with van der Waals surface area (Å²) in [6.07, 6.45) is 14.1. The molecule has 6 aliphatic rings. The zero-order chi connectivity index (χ0) is 22.4. The molecule has 177 valence electrons. The fourth-order valence-corrected chi connectivity index (χ4v) is 23.3. The van der Waals surface area contributed by atoms with Crippen molar-refractivity contribution in [2.45, 2.75) is 133 Å². The summed E-state index contributed by atoms with van der Waals surface area (Å²) in [5.74, 6) is 5.88. The van der Waals surface area contributed by atoms with Crippen LogP contribution < -0.4 is 0 Å². The van der Waals surface area contributed by atoms with Crippen LogP contribution >= 0.6 is 0 Å². The third-order valence-corrected chi connectivity index (χ3v) is 21.1. The standard InChI is InChI=1S/3C10H17.Cr/c3*1-7-4-10(3)5-8(2)9(7)6-10;/h3*7-8H,4-6H2,1-3H3;. The molecule has 0 amide bonds. The summed E-state index contributed by atoms with van der Waals surface area (Å²) in [6.45, 7) is 24.6. The summed E-state index contributed by atoms with van der Waals surface area (Å²) in [5, 5.41) is 0. The van der Waals surface area contributed by atoms with Gasteiger partial charge in [0.25, 0.3) is 0 Å². The van der Waals surface area contributed by atoms with Crippen LogP contribution in [0.3, 0.4) is 0 Å². The van der Waals surface area contributed by atoms with Gasteiger partial charge in [-0.25, -0.2) is 0 Å². The Hall–Kier alpha value is 0.532. The number of hydrogen-bond donors (Lipinski definition) is 0. The second kappa shape index (κ2) is 6.02. The molecule has 1 heteroatoms. The summed E-state index contributed by atoms with van der Waals surface area (Å²) < 4.78 is 2.18. The van der Waals surface area contributed by atoms with E-state index in [-0.39, 0.29) is 0 Å². The van der Waals surface area contributed by atoms with Gasteiger partial charge in [-0.05, 0) is 0 Å². The van der Waals surface area contributed by atoms with Gasteiger partial charge in [-0.2, -0.15) is 0 Å². The van der Waals surface area contributed by atoms with E-state index in [4.69, 9.17) is 0 Å². The zero-order valence-electron chi connectivity index (χ0n) is 22.2. The van der Waals surface area contributed by atoms with Crippen molar-refractivity contribution < 1.29 is 14.1 Å². The summed E-state index contributed by atoms with van der Waals surface area (Å²) in [4.78, 5) is 0. The normalized spacial score (nSPS) is 66.8. The van der Waals surface area contributed by atoms with Crippen LogP contribution in [-0.2, 0) is 14.1 Å². The molecule has 0 aromatic rings. The van der Waals surface area contributed by atoms with E-state index in [9.17, 15) is 0 Å². The molecule has 6 aliphatic carbocycles. The van der Waals surface area contributed by atoms with Crippen molar-refractivity contribution in [3.8, 4) is 0 Å². The monoisotopic (exact) mass is 463 g/mol. The van der Waals surface area contributed by atoms with E-state index in [2.05, 4.69) is 62.3 Å². The molecule has 31 heavy (non-hydrogen) atoms. The molecule has 0 radical (unpaired) electrons. The molecule has 6 rings (SSSR count). The summed E-state index contributed by atoms with van der Waals surface area (Å²) >= 11 is -0.940. The Balaban J connectivity index is 1.61. The Morgan fingerprint density at radius 3 is 0.774 bits per heavy atom. The Morgan fingerprint density at radius 1 is 0.419 bits per heavy atom. The topological polar surface area (TPSA) is 0 Å². The second-order valence-corrected chi connectivity index (χ2v) is 20.3. The Bertz CT molecular complexity index is 652. The molecular weight excluding hydrogens is 412 g/mol. The van der Waals surface area contributed by atoms with Gasteiger partial charge >= 0.3 is 199 Å². The third-order valence-electron chi connectivity index (χ3n) is 13.0. The SMILES string of the molecule is CC1CC2(C)CC(C)[C]1([Cr]([C]13CC(C)(CC1C)CC3C)[C]13CC(C)(CC1C)CC3C)C2. The first-order valence-electron chi connectivity index (χ1n) is 14.0. The maximum absolute atomic E-state index is 2.75. The Morgan fingerprint density at radius 2 is 0.613 bits per heavy atom. The van der Waals surface area contributed by atoms with Gasteiger partial charge in [0.15, 0.2) is 0 Å². The zero-order valence-corrected chi connectivity index (χ0v) is 23.5. The van der Waals surface area contributed by atoms with Crippen LogP contribution in [0, 0.1) is 51.8 Å². The van der Waals surface area contributed by atoms with Gasteiger partial charge in [-0.15, -0.1) is 0 Å². The molecule has 0 heterocycles. The van der Waals surface area contributed by atoms with Gasteiger partial charge in [0, 0.05) is 0 Å². The molecule has 6 unspecified atom stereocenters. The van der Waals surface area contributed by atoms with Crippen LogP contribution in [0.1, 0.15) is 120 Å². The van der Waals surface area contributed by atoms with Crippen LogP contribution in [0.5, 0.6) is 0 Å². The molecule has 0 saturated heterocycles. The molecule has 6 bridgehead atoms. The number of hydrogen-bond acceptors (Lipinski definition) is 0. The van der Waals surface area contributed by atoms with Gasteiger partial charge in [0.05, 0.1) is 0 Å².